The maximum Gasteiger partial charge on any atom is 0.138 e. The Morgan fingerprint density at radius 3 is 3.00 bits per heavy atom. The molecule has 0 aliphatic heterocycles. The van der Waals surface area contributed by atoms with Gasteiger partial charge in [0, 0.05) is 4.88 Å². The minimum atomic E-state index is 0.609. The molecule has 4 aromatic rings. The molecule has 0 bridgehead atoms. The largest absolute Gasteiger partial charge is 0.362 e. The van der Waals surface area contributed by atoms with Crippen LogP contribution < -0.4 is 5.32 Å². The van der Waals surface area contributed by atoms with Crippen LogP contribution in [0.25, 0.3) is 21.3 Å². The second-order valence-electron chi connectivity index (χ2n) is 5.52. The maximum absolute atomic E-state index is 4.67. The number of rotatable bonds is 4. The molecule has 0 aliphatic rings. The number of para-hydroxylation sites is 1. The molecule has 116 valence electrons. The summed E-state index contributed by atoms with van der Waals surface area (Å²) in [5.74, 6) is 1.77. The molecule has 0 fully saturated rings. The summed E-state index contributed by atoms with van der Waals surface area (Å²) in [5.41, 5.74) is 3.28. The third kappa shape index (κ3) is 2.55. The molecular formula is C17H17N5S. The molecule has 0 saturated carbocycles. The maximum atomic E-state index is 4.67. The molecule has 3 aromatic heterocycles. The van der Waals surface area contributed by atoms with Crippen LogP contribution in [-0.2, 0) is 13.0 Å². The van der Waals surface area contributed by atoms with Gasteiger partial charge in [0.05, 0.1) is 23.0 Å². The average molecular weight is 323 g/mol. The van der Waals surface area contributed by atoms with Crippen LogP contribution in [0.4, 0.5) is 5.82 Å². The van der Waals surface area contributed by atoms with E-state index in [1.165, 1.54) is 10.4 Å². The summed E-state index contributed by atoms with van der Waals surface area (Å²) in [7, 11) is 0. The summed E-state index contributed by atoms with van der Waals surface area (Å²) in [6, 6.07) is 8.34. The first-order valence-electron chi connectivity index (χ1n) is 7.66. The first kappa shape index (κ1) is 14.1. The Hall–Kier alpha value is -2.47. The van der Waals surface area contributed by atoms with Crippen LogP contribution in [0.2, 0.25) is 0 Å². The number of benzene rings is 1. The van der Waals surface area contributed by atoms with Crippen molar-refractivity contribution in [1.29, 1.82) is 0 Å². The number of aromatic amines is 1. The molecule has 5 nitrogen and oxygen atoms in total. The van der Waals surface area contributed by atoms with E-state index in [9.17, 15) is 0 Å². The minimum absolute atomic E-state index is 0.609. The fourth-order valence-electron chi connectivity index (χ4n) is 2.70. The quantitative estimate of drug-likeness (QED) is 0.594. The predicted molar refractivity (Wildman–Crippen MR) is 95.0 cm³/mol. The Morgan fingerprint density at radius 1 is 1.26 bits per heavy atom. The Morgan fingerprint density at radius 2 is 2.17 bits per heavy atom. The smallest absolute Gasteiger partial charge is 0.138 e. The summed E-state index contributed by atoms with van der Waals surface area (Å²) in [5, 5.41) is 4.47. The molecule has 4 rings (SSSR count). The van der Waals surface area contributed by atoms with Crippen molar-refractivity contribution in [1.82, 2.24) is 19.9 Å². The van der Waals surface area contributed by atoms with Gasteiger partial charge < -0.3 is 10.3 Å². The van der Waals surface area contributed by atoms with E-state index >= 15 is 0 Å². The summed E-state index contributed by atoms with van der Waals surface area (Å²) in [6.07, 6.45) is 2.63. The molecule has 0 unspecified atom stereocenters. The highest BCUT2D eigenvalue weighted by Gasteiger charge is 2.09. The Bertz CT molecular complexity index is 985. The SMILES string of the molecule is CCc1cc2c(NCc3nc4c(C)cccc4[nH]3)ncnc2s1. The van der Waals surface area contributed by atoms with Crippen molar-refractivity contribution in [3.8, 4) is 0 Å². The van der Waals surface area contributed by atoms with Crippen molar-refractivity contribution >= 4 is 38.4 Å². The molecule has 0 spiro atoms. The van der Waals surface area contributed by atoms with E-state index in [4.69, 9.17) is 0 Å². The predicted octanol–water partition coefficient (Wildman–Crippen LogP) is 4.05. The fraction of sp³-hybridized carbons (Fsp3) is 0.235. The molecule has 1 aromatic carbocycles. The molecular weight excluding hydrogens is 306 g/mol. The van der Waals surface area contributed by atoms with Crippen LogP contribution in [0.5, 0.6) is 0 Å². The molecule has 23 heavy (non-hydrogen) atoms. The van der Waals surface area contributed by atoms with Gasteiger partial charge >= 0.3 is 0 Å². The van der Waals surface area contributed by atoms with Crippen molar-refractivity contribution in [2.45, 2.75) is 26.8 Å². The lowest BCUT2D eigenvalue weighted by atomic mass is 10.2. The van der Waals surface area contributed by atoms with Crippen molar-refractivity contribution in [3.05, 3.63) is 46.9 Å². The Kier molecular flexibility index (Phi) is 3.46. The van der Waals surface area contributed by atoms with Gasteiger partial charge in [-0.25, -0.2) is 15.0 Å². The van der Waals surface area contributed by atoms with Crippen molar-refractivity contribution < 1.29 is 0 Å². The van der Waals surface area contributed by atoms with E-state index in [1.54, 1.807) is 17.7 Å². The summed E-state index contributed by atoms with van der Waals surface area (Å²) in [4.78, 5) is 19.1. The number of hydrogen-bond acceptors (Lipinski definition) is 5. The number of nitrogens with one attached hydrogen (secondary N) is 2. The number of H-pyrrole nitrogens is 1. The highest BCUT2D eigenvalue weighted by atomic mass is 32.1. The normalized spacial score (nSPS) is 11.4. The Labute approximate surface area is 137 Å². The number of hydrogen-bond donors (Lipinski definition) is 2. The first-order chi connectivity index (χ1) is 11.2. The van der Waals surface area contributed by atoms with Crippen LogP contribution in [0.1, 0.15) is 23.2 Å². The zero-order valence-corrected chi connectivity index (χ0v) is 13.9. The van der Waals surface area contributed by atoms with Gasteiger partial charge in [0.1, 0.15) is 22.8 Å². The lowest BCUT2D eigenvalue weighted by Gasteiger charge is -2.03. The average Bonchev–Trinajstić information content (AvgIpc) is 3.17. The van der Waals surface area contributed by atoms with Gasteiger partial charge in [0.25, 0.3) is 0 Å². The number of thiophene rings is 1. The molecule has 6 heteroatoms. The van der Waals surface area contributed by atoms with Gasteiger partial charge in [-0.1, -0.05) is 19.1 Å². The molecule has 2 N–H and O–H groups in total. The van der Waals surface area contributed by atoms with E-state index in [0.29, 0.717) is 6.54 Å². The number of imidazole rings is 1. The van der Waals surface area contributed by atoms with Gasteiger partial charge in [0.15, 0.2) is 0 Å². The van der Waals surface area contributed by atoms with E-state index in [2.05, 4.69) is 51.2 Å². The van der Waals surface area contributed by atoms with Gasteiger partial charge in [-0.3, -0.25) is 0 Å². The third-order valence-electron chi connectivity index (χ3n) is 3.92. The van der Waals surface area contributed by atoms with Gasteiger partial charge in [0.2, 0.25) is 0 Å². The monoisotopic (exact) mass is 323 g/mol. The number of nitrogens with zero attached hydrogens (tertiary/aromatic N) is 3. The molecule has 0 amide bonds. The second kappa shape index (κ2) is 5.62. The van der Waals surface area contributed by atoms with Crippen molar-refractivity contribution in [3.63, 3.8) is 0 Å². The van der Waals surface area contributed by atoms with E-state index in [1.807, 2.05) is 12.1 Å². The minimum Gasteiger partial charge on any atom is -0.362 e. The first-order valence-corrected chi connectivity index (χ1v) is 8.47. The van der Waals surface area contributed by atoms with Crippen LogP contribution in [0.3, 0.4) is 0 Å². The lowest BCUT2D eigenvalue weighted by molar-refractivity contribution is 0.998. The molecule has 3 heterocycles. The molecule has 0 atom stereocenters. The van der Waals surface area contributed by atoms with E-state index in [0.717, 1.165) is 39.3 Å². The third-order valence-corrected chi connectivity index (χ3v) is 5.10. The second-order valence-corrected chi connectivity index (χ2v) is 6.63. The number of fused-ring (bicyclic) bond motifs is 2. The number of aromatic nitrogens is 4. The number of anilines is 1. The fourth-order valence-corrected chi connectivity index (χ4v) is 3.63. The van der Waals surface area contributed by atoms with E-state index < -0.39 is 0 Å². The van der Waals surface area contributed by atoms with Crippen LogP contribution in [-0.4, -0.2) is 19.9 Å². The summed E-state index contributed by atoms with van der Waals surface area (Å²) >= 11 is 1.72. The van der Waals surface area contributed by atoms with Gasteiger partial charge in [-0.05, 0) is 31.0 Å². The van der Waals surface area contributed by atoms with E-state index in [-0.39, 0.29) is 0 Å². The standard InChI is InChI=1S/C17H17N5S/c1-3-11-7-12-16(19-9-20-17(12)23-11)18-8-14-21-13-6-4-5-10(2)15(13)22-14/h4-7,9H,3,8H2,1-2H3,(H,21,22)(H,18,19,20). The summed E-state index contributed by atoms with van der Waals surface area (Å²) < 4.78 is 0. The highest BCUT2D eigenvalue weighted by molar-refractivity contribution is 7.18. The van der Waals surface area contributed by atoms with Crippen LogP contribution in [0, 0.1) is 6.92 Å². The zero-order valence-electron chi connectivity index (χ0n) is 13.1. The van der Waals surface area contributed by atoms with Gasteiger partial charge in [-0.15, -0.1) is 11.3 Å². The highest BCUT2D eigenvalue weighted by Crippen LogP contribution is 2.28. The van der Waals surface area contributed by atoms with Crippen molar-refractivity contribution in [2.75, 3.05) is 5.32 Å². The Balaban J connectivity index is 1.63. The van der Waals surface area contributed by atoms with Crippen LogP contribution >= 0.6 is 11.3 Å². The topological polar surface area (TPSA) is 66.5 Å². The summed E-state index contributed by atoms with van der Waals surface area (Å²) in [6.45, 7) is 4.84. The van der Waals surface area contributed by atoms with Crippen LogP contribution in [0.15, 0.2) is 30.6 Å². The van der Waals surface area contributed by atoms with Crippen molar-refractivity contribution in [2.24, 2.45) is 0 Å². The number of aryl methyl sites for hydroxylation is 2. The lowest BCUT2D eigenvalue weighted by Crippen LogP contribution is -2.03. The van der Waals surface area contributed by atoms with Gasteiger partial charge in [-0.2, -0.15) is 0 Å². The zero-order chi connectivity index (χ0) is 15.8. The molecule has 0 aliphatic carbocycles. The molecule has 0 radical (unpaired) electrons. The molecule has 0 saturated heterocycles.